The number of amides is 2. The summed E-state index contributed by atoms with van der Waals surface area (Å²) in [6.07, 6.45) is 3.27. The fraction of sp³-hybridized carbons (Fsp3) is 0.909. The second-order valence-corrected chi connectivity index (χ2v) is 4.63. The molecule has 2 amide bonds. The predicted molar refractivity (Wildman–Crippen MR) is 61.3 cm³/mol. The summed E-state index contributed by atoms with van der Waals surface area (Å²) < 4.78 is 0. The topological polar surface area (TPSA) is 55.8 Å². The number of aliphatic hydroxyl groups is 1. The number of nitrogens with one attached hydrogen (secondary N) is 1. The predicted octanol–water partition coefficient (Wildman–Crippen LogP) is -0.142. The normalized spacial score (nSPS) is 22.9. The van der Waals surface area contributed by atoms with Crippen LogP contribution in [0.25, 0.3) is 0 Å². The molecule has 1 aliphatic heterocycles. The Hall–Kier alpha value is -0.810. The Morgan fingerprint density at radius 3 is 2.75 bits per heavy atom. The van der Waals surface area contributed by atoms with Gasteiger partial charge in [-0.25, -0.2) is 4.79 Å². The summed E-state index contributed by atoms with van der Waals surface area (Å²) in [4.78, 5) is 15.9. The summed E-state index contributed by atoms with van der Waals surface area (Å²) in [7, 11) is 0. The lowest BCUT2D eigenvalue weighted by Gasteiger charge is -2.21. The van der Waals surface area contributed by atoms with E-state index in [-0.39, 0.29) is 12.6 Å². The maximum absolute atomic E-state index is 11.8. The summed E-state index contributed by atoms with van der Waals surface area (Å²) in [6.45, 7) is 4.39. The van der Waals surface area contributed by atoms with Gasteiger partial charge in [-0.1, -0.05) is 0 Å². The molecule has 0 bridgehead atoms. The average Bonchev–Trinajstić information content (AvgIpc) is 3.05. The number of nitrogens with zero attached hydrogens (tertiary/aromatic N) is 2. The number of hydrogen-bond donors (Lipinski definition) is 2. The van der Waals surface area contributed by atoms with E-state index in [2.05, 4.69) is 10.2 Å². The lowest BCUT2D eigenvalue weighted by Crippen LogP contribution is -2.43. The first-order valence-corrected chi connectivity index (χ1v) is 6.18. The molecule has 1 saturated carbocycles. The Labute approximate surface area is 96.4 Å². The third-order valence-corrected chi connectivity index (χ3v) is 3.20. The van der Waals surface area contributed by atoms with Gasteiger partial charge in [0.15, 0.2) is 0 Å². The van der Waals surface area contributed by atoms with Crippen LogP contribution in [0.1, 0.15) is 19.3 Å². The minimum atomic E-state index is 0.0911. The highest BCUT2D eigenvalue weighted by Crippen LogP contribution is 2.19. The van der Waals surface area contributed by atoms with Gasteiger partial charge in [0.1, 0.15) is 0 Å². The van der Waals surface area contributed by atoms with Gasteiger partial charge in [-0.05, 0) is 25.8 Å². The molecular weight excluding hydrogens is 206 g/mol. The second-order valence-electron chi connectivity index (χ2n) is 4.63. The van der Waals surface area contributed by atoms with Crippen molar-refractivity contribution in [1.82, 2.24) is 15.1 Å². The SMILES string of the molecule is O=C(NC1CC1)N1CCCN(CCO)CC1. The number of rotatable bonds is 3. The fourth-order valence-electron chi connectivity index (χ4n) is 2.03. The standard InChI is InChI=1S/C11H21N3O2/c15-9-8-13-4-1-5-14(7-6-13)11(16)12-10-2-3-10/h10,15H,1-9H2,(H,12,16). The summed E-state index contributed by atoms with van der Waals surface area (Å²) in [5.41, 5.74) is 0. The van der Waals surface area contributed by atoms with Crippen LogP contribution >= 0.6 is 0 Å². The van der Waals surface area contributed by atoms with Crippen LogP contribution in [0.15, 0.2) is 0 Å². The summed E-state index contributed by atoms with van der Waals surface area (Å²) in [5, 5.41) is 11.9. The first-order valence-electron chi connectivity index (χ1n) is 6.18. The Morgan fingerprint density at radius 1 is 1.25 bits per heavy atom. The molecule has 2 rings (SSSR count). The van der Waals surface area contributed by atoms with Crippen LogP contribution in [0.3, 0.4) is 0 Å². The maximum atomic E-state index is 11.8. The summed E-state index contributed by atoms with van der Waals surface area (Å²) in [5.74, 6) is 0. The maximum Gasteiger partial charge on any atom is 0.317 e. The van der Waals surface area contributed by atoms with Gasteiger partial charge in [-0.2, -0.15) is 0 Å². The van der Waals surface area contributed by atoms with Gasteiger partial charge in [0, 0.05) is 32.2 Å². The van der Waals surface area contributed by atoms with Gasteiger partial charge in [0.05, 0.1) is 6.61 Å². The number of carbonyl (C=O) groups is 1. The van der Waals surface area contributed by atoms with Crippen molar-refractivity contribution >= 4 is 6.03 Å². The van der Waals surface area contributed by atoms with Crippen molar-refractivity contribution < 1.29 is 9.90 Å². The minimum absolute atomic E-state index is 0.0911. The third-order valence-electron chi connectivity index (χ3n) is 3.20. The molecule has 0 atom stereocenters. The van der Waals surface area contributed by atoms with E-state index in [1.165, 1.54) is 0 Å². The monoisotopic (exact) mass is 227 g/mol. The first-order chi connectivity index (χ1) is 7.79. The van der Waals surface area contributed by atoms with Crippen LogP contribution in [0.2, 0.25) is 0 Å². The molecule has 0 aromatic rings. The third kappa shape index (κ3) is 3.35. The van der Waals surface area contributed by atoms with E-state index in [0.717, 1.165) is 52.0 Å². The fourth-order valence-corrected chi connectivity index (χ4v) is 2.03. The lowest BCUT2D eigenvalue weighted by atomic mass is 10.4. The molecule has 0 spiro atoms. The molecule has 16 heavy (non-hydrogen) atoms. The van der Waals surface area contributed by atoms with E-state index < -0.39 is 0 Å². The van der Waals surface area contributed by atoms with Gasteiger partial charge in [-0.15, -0.1) is 0 Å². The highest BCUT2D eigenvalue weighted by Gasteiger charge is 2.26. The van der Waals surface area contributed by atoms with Crippen LogP contribution in [0.5, 0.6) is 0 Å². The van der Waals surface area contributed by atoms with Crippen molar-refractivity contribution in [3.63, 3.8) is 0 Å². The Balaban J connectivity index is 1.75. The molecule has 0 aromatic heterocycles. The van der Waals surface area contributed by atoms with Crippen LogP contribution in [-0.4, -0.2) is 66.3 Å². The molecule has 5 heteroatoms. The molecule has 0 aromatic carbocycles. The van der Waals surface area contributed by atoms with E-state index in [0.29, 0.717) is 6.04 Å². The zero-order chi connectivity index (χ0) is 11.4. The lowest BCUT2D eigenvalue weighted by molar-refractivity contribution is 0.188. The smallest absolute Gasteiger partial charge is 0.317 e. The van der Waals surface area contributed by atoms with Crippen molar-refractivity contribution in [2.45, 2.75) is 25.3 Å². The highest BCUT2D eigenvalue weighted by atomic mass is 16.3. The molecule has 2 N–H and O–H groups in total. The van der Waals surface area contributed by atoms with Crippen molar-refractivity contribution in [2.24, 2.45) is 0 Å². The van der Waals surface area contributed by atoms with E-state index >= 15 is 0 Å². The van der Waals surface area contributed by atoms with Gasteiger partial charge in [-0.3, -0.25) is 4.90 Å². The zero-order valence-corrected chi connectivity index (χ0v) is 9.69. The average molecular weight is 227 g/mol. The van der Waals surface area contributed by atoms with E-state index in [9.17, 15) is 4.79 Å². The number of carbonyl (C=O) groups excluding carboxylic acids is 1. The molecule has 0 radical (unpaired) electrons. The van der Waals surface area contributed by atoms with Gasteiger partial charge >= 0.3 is 6.03 Å². The Morgan fingerprint density at radius 2 is 2.06 bits per heavy atom. The van der Waals surface area contributed by atoms with Crippen LogP contribution in [0, 0.1) is 0 Å². The Kier molecular flexibility index (Phi) is 4.01. The van der Waals surface area contributed by atoms with Gasteiger partial charge in [0.2, 0.25) is 0 Å². The van der Waals surface area contributed by atoms with Crippen molar-refractivity contribution in [3.05, 3.63) is 0 Å². The number of urea groups is 1. The van der Waals surface area contributed by atoms with Crippen molar-refractivity contribution in [1.29, 1.82) is 0 Å². The highest BCUT2D eigenvalue weighted by molar-refractivity contribution is 5.74. The number of β-amino-alcohol motifs (C(OH)–C–C–N with tert-alkyl or cyclic N) is 1. The molecule has 5 nitrogen and oxygen atoms in total. The molecule has 1 heterocycles. The summed E-state index contributed by atoms with van der Waals surface area (Å²) >= 11 is 0. The number of hydrogen-bond acceptors (Lipinski definition) is 3. The molecule has 1 aliphatic carbocycles. The Bertz CT molecular complexity index is 243. The van der Waals surface area contributed by atoms with Gasteiger partial charge < -0.3 is 15.3 Å². The zero-order valence-electron chi connectivity index (χ0n) is 9.69. The minimum Gasteiger partial charge on any atom is -0.395 e. The second kappa shape index (κ2) is 5.50. The van der Waals surface area contributed by atoms with E-state index in [1.807, 2.05) is 4.90 Å². The molecule has 2 fully saturated rings. The quantitative estimate of drug-likeness (QED) is 0.705. The first kappa shape index (κ1) is 11.7. The summed E-state index contributed by atoms with van der Waals surface area (Å²) in [6, 6.07) is 0.526. The van der Waals surface area contributed by atoms with Crippen molar-refractivity contribution in [2.75, 3.05) is 39.3 Å². The van der Waals surface area contributed by atoms with E-state index in [1.54, 1.807) is 0 Å². The number of aliphatic hydroxyl groups excluding tert-OH is 1. The molecular formula is C11H21N3O2. The molecule has 1 saturated heterocycles. The molecule has 2 aliphatic rings. The van der Waals surface area contributed by atoms with E-state index in [4.69, 9.17) is 5.11 Å². The van der Waals surface area contributed by atoms with Crippen LogP contribution in [0.4, 0.5) is 4.79 Å². The van der Waals surface area contributed by atoms with Crippen LogP contribution in [-0.2, 0) is 0 Å². The molecule has 92 valence electrons. The van der Waals surface area contributed by atoms with Gasteiger partial charge in [0.25, 0.3) is 0 Å². The van der Waals surface area contributed by atoms with Crippen molar-refractivity contribution in [3.8, 4) is 0 Å². The van der Waals surface area contributed by atoms with Crippen LogP contribution < -0.4 is 5.32 Å². The molecule has 0 unspecified atom stereocenters. The largest absolute Gasteiger partial charge is 0.395 e.